The van der Waals surface area contributed by atoms with Gasteiger partial charge in [-0.05, 0) is 50.3 Å². The van der Waals surface area contributed by atoms with Crippen molar-refractivity contribution in [2.24, 2.45) is 5.92 Å². The maximum atomic E-state index is 12.3. The van der Waals surface area contributed by atoms with Crippen LogP contribution in [0.25, 0.3) is 0 Å². The Labute approximate surface area is 137 Å². The summed E-state index contributed by atoms with van der Waals surface area (Å²) < 4.78 is 0. The van der Waals surface area contributed by atoms with Crippen LogP contribution >= 0.6 is 0 Å². The number of hydrogen-bond acceptors (Lipinski definition) is 3. The number of amides is 1. The SMILES string of the molecule is O=C(N[C@H]1CCCN(CC2CCCCC2)C1)c1ccc[nH]c1=O. The highest BCUT2D eigenvalue weighted by Crippen LogP contribution is 2.25. The molecule has 1 aliphatic carbocycles. The average molecular weight is 317 g/mol. The topological polar surface area (TPSA) is 65.2 Å². The molecule has 1 aromatic heterocycles. The Morgan fingerprint density at radius 3 is 2.83 bits per heavy atom. The first-order valence-corrected chi connectivity index (χ1v) is 8.93. The Kier molecular flexibility index (Phi) is 5.49. The lowest BCUT2D eigenvalue weighted by molar-refractivity contribution is 0.0888. The summed E-state index contributed by atoms with van der Waals surface area (Å²) in [5.41, 5.74) is -0.114. The first kappa shape index (κ1) is 16.2. The summed E-state index contributed by atoms with van der Waals surface area (Å²) in [6.45, 7) is 3.21. The van der Waals surface area contributed by atoms with Gasteiger partial charge in [-0.15, -0.1) is 0 Å². The molecule has 5 nitrogen and oxygen atoms in total. The molecular formula is C18H27N3O2. The highest BCUT2D eigenvalue weighted by molar-refractivity contribution is 5.93. The summed E-state index contributed by atoms with van der Waals surface area (Å²) in [7, 11) is 0. The lowest BCUT2D eigenvalue weighted by Gasteiger charge is -2.36. The van der Waals surface area contributed by atoms with Crippen LogP contribution in [0.2, 0.25) is 0 Å². The first-order valence-electron chi connectivity index (χ1n) is 8.93. The van der Waals surface area contributed by atoms with Crippen LogP contribution in [-0.2, 0) is 0 Å². The molecule has 2 N–H and O–H groups in total. The van der Waals surface area contributed by atoms with Crippen molar-refractivity contribution in [2.45, 2.75) is 51.0 Å². The molecule has 2 aliphatic rings. The number of nitrogens with zero attached hydrogens (tertiary/aromatic N) is 1. The number of H-pyrrole nitrogens is 1. The molecule has 3 rings (SSSR count). The van der Waals surface area contributed by atoms with E-state index in [9.17, 15) is 9.59 Å². The fourth-order valence-electron chi connectivity index (χ4n) is 3.94. The quantitative estimate of drug-likeness (QED) is 0.894. The van der Waals surface area contributed by atoms with E-state index in [1.807, 2.05) is 0 Å². The third-order valence-electron chi connectivity index (χ3n) is 5.14. The van der Waals surface area contributed by atoms with Gasteiger partial charge in [0, 0.05) is 25.3 Å². The number of pyridine rings is 1. The van der Waals surface area contributed by atoms with E-state index in [4.69, 9.17) is 0 Å². The van der Waals surface area contributed by atoms with Crippen molar-refractivity contribution in [2.75, 3.05) is 19.6 Å². The fourth-order valence-corrected chi connectivity index (χ4v) is 3.94. The first-order chi connectivity index (χ1) is 11.2. The van der Waals surface area contributed by atoms with E-state index < -0.39 is 0 Å². The van der Waals surface area contributed by atoms with E-state index in [2.05, 4.69) is 15.2 Å². The highest BCUT2D eigenvalue weighted by Gasteiger charge is 2.25. The van der Waals surface area contributed by atoms with Crippen molar-refractivity contribution in [1.29, 1.82) is 0 Å². The Balaban J connectivity index is 1.53. The Morgan fingerprint density at radius 1 is 1.22 bits per heavy atom. The molecule has 1 amide bonds. The molecule has 0 radical (unpaired) electrons. The van der Waals surface area contributed by atoms with Gasteiger partial charge in [0.15, 0.2) is 0 Å². The molecule has 0 spiro atoms. The van der Waals surface area contributed by atoms with Gasteiger partial charge in [-0.3, -0.25) is 9.59 Å². The van der Waals surface area contributed by atoms with Crippen molar-refractivity contribution in [1.82, 2.24) is 15.2 Å². The molecule has 1 aromatic rings. The normalized spacial score (nSPS) is 23.6. The summed E-state index contributed by atoms with van der Waals surface area (Å²) in [5, 5.41) is 3.04. The molecule has 23 heavy (non-hydrogen) atoms. The van der Waals surface area contributed by atoms with Crippen molar-refractivity contribution in [3.8, 4) is 0 Å². The highest BCUT2D eigenvalue weighted by atomic mass is 16.2. The van der Waals surface area contributed by atoms with Gasteiger partial charge < -0.3 is 15.2 Å². The lowest BCUT2D eigenvalue weighted by atomic mass is 9.88. The molecule has 0 aromatic carbocycles. The average Bonchev–Trinajstić information content (AvgIpc) is 2.56. The number of nitrogens with one attached hydrogen (secondary N) is 2. The van der Waals surface area contributed by atoms with Gasteiger partial charge in [0.05, 0.1) is 0 Å². The minimum absolute atomic E-state index is 0.152. The zero-order valence-corrected chi connectivity index (χ0v) is 13.7. The second kappa shape index (κ2) is 7.77. The summed E-state index contributed by atoms with van der Waals surface area (Å²) in [6, 6.07) is 3.42. The van der Waals surface area contributed by atoms with Crippen LogP contribution in [0.3, 0.4) is 0 Å². The number of hydrogen-bond donors (Lipinski definition) is 2. The van der Waals surface area contributed by atoms with E-state index >= 15 is 0 Å². The molecule has 2 heterocycles. The molecule has 0 bridgehead atoms. The Morgan fingerprint density at radius 2 is 2.04 bits per heavy atom. The Hall–Kier alpha value is -1.62. The summed E-state index contributed by atoms with van der Waals surface area (Å²) in [6.07, 6.45) is 10.5. The third-order valence-corrected chi connectivity index (χ3v) is 5.14. The molecule has 126 valence electrons. The van der Waals surface area contributed by atoms with Gasteiger partial charge in [0.2, 0.25) is 0 Å². The van der Waals surface area contributed by atoms with Crippen LogP contribution in [0, 0.1) is 5.92 Å². The van der Waals surface area contributed by atoms with Crippen LogP contribution < -0.4 is 10.9 Å². The maximum absolute atomic E-state index is 12.3. The monoisotopic (exact) mass is 317 g/mol. The minimum atomic E-state index is -0.320. The number of aromatic nitrogens is 1. The molecular weight excluding hydrogens is 290 g/mol. The van der Waals surface area contributed by atoms with Crippen LogP contribution in [0.15, 0.2) is 23.1 Å². The third kappa shape index (κ3) is 4.44. The van der Waals surface area contributed by atoms with Crippen LogP contribution in [0.4, 0.5) is 0 Å². The molecule has 5 heteroatoms. The molecule has 0 unspecified atom stereocenters. The van der Waals surface area contributed by atoms with Gasteiger partial charge in [-0.2, -0.15) is 0 Å². The van der Waals surface area contributed by atoms with Gasteiger partial charge in [-0.25, -0.2) is 0 Å². The second-order valence-corrected chi connectivity index (χ2v) is 6.99. The summed E-state index contributed by atoms with van der Waals surface area (Å²) in [4.78, 5) is 29.0. The Bertz CT molecular complexity index is 578. The van der Waals surface area contributed by atoms with Crippen LogP contribution in [0.1, 0.15) is 55.3 Å². The van der Waals surface area contributed by atoms with Crippen molar-refractivity contribution in [3.63, 3.8) is 0 Å². The number of carbonyl (C=O) groups excluding carboxylic acids is 1. The smallest absolute Gasteiger partial charge is 0.260 e. The molecule has 1 aliphatic heterocycles. The van der Waals surface area contributed by atoms with Gasteiger partial charge in [0.1, 0.15) is 5.56 Å². The van der Waals surface area contributed by atoms with Crippen LogP contribution in [-0.4, -0.2) is 41.5 Å². The van der Waals surface area contributed by atoms with E-state index in [1.54, 1.807) is 18.3 Å². The number of likely N-dealkylation sites (tertiary alicyclic amines) is 1. The summed E-state index contributed by atoms with van der Waals surface area (Å²) >= 11 is 0. The number of piperidine rings is 1. The maximum Gasteiger partial charge on any atom is 0.260 e. The van der Waals surface area contributed by atoms with Gasteiger partial charge >= 0.3 is 0 Å². The van der Waals surface area contributed by atoms with Gasteiger partial charge in [0.25, 0.3) is 11.5 Å². The van der Waals surface area contributed by atoms with Crippen molar-refractivity contribution < 1.29 is 4.79 Å². The number of carbonyl (C=O) groups is 1. The standard InChI is InChI=1S/C18H27N3O2/c22-17-16(9-4-10-19-17)18(23)20-15-8-5-11-21(13-15)12-14-6-2-1-3-7-14/h4,9-10,14-15H,1-3,5-8,11-13H2,(H,19,22)(H,20,23)/t15-/m0/s1. The minimum Gasteiger partial charge on any atom is -0.348 e. The van der Waals surface area contributed by atoms with Crippen molar-refractivity contribution in [3.05, 3.63) is 34.2 Å². The van der Waals surface area contributed by atoms with E-state index in [1.165, 1.54) is 32.1 Å². The zero-order valence-electron chi connectivity index (χ0n) is 13.7. The van der Waals surface area contributed by atoms with E-state index in [0.717, 1.165) is 38.4 Å². The summed E-state index contributed by atoms with van der Waals surface area (Å²) in [5.74, 6) is 0.575. The van der Waals surface area contributed by atoms with E-state index in [-0.39, 0.29) is 23.1 Å². The number of aromatic amines is 1. The fraction of sp³-hybridized carbons (Fsp3) is 0.667. The van der Waals surface area contributed by atoms with Crippen LogP contribution in [0.5, 0.6) is 0 Å². The number of rotatable bonds is 4. The molecule has 2 fully saturated rings. The molecule has 1 saturated heterocycles. The largest absolute Gasteiger partial charge is 0.348 e. The molecule has 1 atom stereocenters. The van der Waals surface area contributed by atoms with E-state index in [0.29, 0.717) is 0 Å². The zero-order chi connectivity index (χ0) is 16.1. The predicted octanol–water partition coefficient (Wildman–Crippen LogP) is 2.15. The second-order valence-electron chi connectivity index (χ2n) is 6.99. The van der Waals surface area contributed by atoms with Gasteiger partial charge in [-0.1, -0.05) is 19.3 Å². The predicted molar refractivity (Wildman–Crippen MR) is 90.6 cm³/mol. The molecule has 1 saturated carbocycles. The lowest BCUT2D eigenvalue weighted by Crippen LogP contribution is -2.49. The van der Waals surface area contributed by atoms with Crippen molar-refractivity contribution >= 4 is 5.91 Å².